The van der Waals surface area contributed by atoms with Crippen molar-refractivity contribution in [1.29, 1.82) is 0 Å². The fourth-order valence-electron chi connectivity index (χ4n) is 3.03. The molecule has 1 saturated carbocycles. The van der Waals surface area contributed by atoms with Crippen LogP contribution < -0.4 is 11.3 Å². The van der Waals surface area contributed by atoms with Crippen LogP contribution in [-0.2, 0) is 0 Å². The highest BCUT2D eigenvalue weighted by Crippen LogP contribution is 2.28. The van der Waals surface area contributed by atoms with Crippen LogP contribution in [0.5, 0.6) is 0 Å². The Bertz CT molecular complexity index is 388. The van der Waals surface area contributed by atoms with Crippen LogP contribution in [0.25, 0.3) is 0 Å². The van der Waals surface area contributed by atoms with Crippen LogP contribution in [-0.4, -0.2) is 11.8 Å². The summed E-state index contributed by atoms with van der Waals surface area (Å²) in [5.41, 5.74) is 4.33. The number of hydrazine groups is 1. The molecule has 1 atom stereocenters. The first-order valence-corrected chi connectivity index (χ1v) is 8.92. The minimum Gasteiger partial charge on any atom is -0.271 e. The van der Waals surface area contributed by atoms with Gasteiger partial charge in [0.2, 0.25) is 0 Å². The fourth-order valence-corrected chi connectivity index (χ4v) is 4.13. The quantitative estimate of drug-likeness (QED) is 0.447. The van der Waals surface area contributed by atoms with E-state index in [0.717, 1.165) is 11.7 Å². The van der Waals surface area contributed by atoms with E-state index in [4.69, 9.17) is 5.84 Å². The Labute approximate surface area is 127 Å². The molecule has 0 saturated heterocycles. The van der Waals surface area contributed by atoms with Crippen molar-refractivity contribution >= 4 is 11.8 Å². The van der Waals surface area contributed by atoms with Gasteiger partial charge in [0.25, 0.3) is 0 Å². The fraction of sp³-hybridized carbons (Fsp3) is 0.647. The Morgan fingerprint density at radius 1 is 1.30 bits per heavy atom. The molecule has 0 radical (unpaired) electrons. The summed E-state index contributed by atoms with van der Waals surface area (Å²) < 4.78 is 0. The van der Waals surface area contributed by atoms with Crippen molar-refractivity contribution in [2.75, 3.05) is 5.75 Å². The molecule has 0 aliphatic heterocycles. The normalized spacial score (nSPS) is 18.1. The summed E-state index contributed by atoms with van der Waals surface area (Å²) in [4.78, 5) is 1.35. The van der Waals surface area contributed by atoms with Crippen molar-refractivity contribution in [2.45, 2.75) is 62.8 Å². The van der Waals surface area contributed by atoms with Gasteiger partial charge in [0, 0.05) is 16.7 Å². The molecule has 20 heavy (non-hydrogen) atoms. The summed E-state index contributed by atoms with van der Waals surface area (Å²) >= 11 is 1.91. The molecule has 3 N–H and O–H groups in total. The third-order valence-electron chi connectivity index (χ3n) is 4.32. The van der Waals surface area contributed by atoms with E-state index in [1.807, 2.05) is 11.8 Å². The van der Waals surface area contributed by atoms with E-state index in [1.54, 1.807) is 0 Å². The molecular weight excluding hydrogens is 264 g/mol. The van der Waals surface area contributed by atoms with Crippen LogP contribution in [0.15, 0.2) is 29.2 Å². The van der Waals surface area contributed by atoms with Crippen molar-refractivity contribution < 1.29 is 0 Å². The van der Waals surface area contributed by atoms with Gasteiger partial charge < -0.3 is 0 Å². The zero-order valence-electron chi connectivity index (χ0n) is 12.6. The second-order valence-corrected chi connectivity index (χ2v) is 7.17. The minimum absolute atomic E-state index is 0.433. The lowest BCUT2D eigenvalue weighted by Crippen LogP contribution is -2.37. The summed E-state index contributed by atoms with van der Waals surface area (Å²) in [5.74, 6) is 7.73. The number of nitrogens with two attached hydrogens (primary N) is 1. The maximum absolute atomic E-state index is 5.72. The molecule has 1 aliphatic carbocycles. The number of aryl methyl sites for hydroxylation is 1. The van der Waals surface area contributed by atoms with E-state index in [-0.39, 0.29) is 0 Å². The molecule has 0 aromatic heterocycles. The number of hydrogen-bond acceptors (Lipinski definition) is 3. The van der Waals surface area contributed by atoms with Crippen molar-refractivity contribution in [1.82, 2.24) is 5.43 Å². The summed E-state index contributed by atoms with van der Waals surface area (Å²) in [7, 11) is 0. The Morgan fingerprint density at radius 3 is 2.80 bits per heavy atom. The van der Waals surface area contributed by atoms with Gasteiger partial charge >= 0.3 is 0 Å². The Balaban J connectivity index is 1.71. The average Bonchev–Trinajstić information content (AvgIpc) is 2.48. The molecule has 2 rings (SSSR count). The second-order valence-electron chi connectivity index (χ2n) is 6.07. The zero-order valence-corrected chi connectivity index (χ0v) is 13.4. The first-order chi connectivity index (χ1) is 9.78. The van der Waals surface area contributed by atoms with Crippen molar-refractivity contribution in [3.8, 4) is 0 Å². The predicted molar refractivity (Wildman–Crippen MR) is 88.8 cm³/mol. The van der Waals surface area contributed by atoms with Gasteiger partial charge in [0.15, 0.2) is 0 Å². The summed E-state index contributed by atoms with van der Waals surface area (Å²) in [5, 5.41) is 0. The molecular formula is C17H28N2S. The van der Waals surface area contributed by atoms with Gasteiger partial charge in [-0.05, 0) is 37.8 Å². The van der Waals surface area contributed by atoms with E-state index >= 15 is 0 Å². The maximum atomic E-state index is 5.72. The van der Waals surface area contributed by atoms with Crippen LogP contribution in [0.3, 0.4) is 0 Å². The van der Waals surface area contributed by atoms with Gasteiger partial charge in [0.05, 0.1) is 0 Å². The zero-order chi connectivity index (χ0) is 14.2. The number of rotatable bonds is 7. The van der Waals surface area contributed by atoms with E-state index < -0.39 is 0 Å². The first-order valence-electron chi connectivity index (χ1n) is 7.93. The van der Waals surface area contributed by atoms with Gasteiger partial charge in [-0.15, -0.1) is 11.8 Å². The van der Waals surface area contributed by atoms with Gasteiger partial charge in [-0.3, -0.25) is 11.3 Å². The second kappa shape index (κ2) is 8.71. The summed E-state index contributed by atoms with van der Waals surface area (Å²) in [6.07, 6.45) is 9.72. The van der Waals surface area contributed by atoms with Gasteiger partial charge in [-0.2, -0.15) is 0 Å². The number of benzene rings is 1. The lowest BCUT2D eigenvalue weighted by molar-refractivity contribution is 0.318. The third kappa shape index (κ3) is 5.47. The van der Waals surface area contributed by atoms with Gasteiger partial charge in [-0.25, -0.2) is 0 Å². The van der Waals surface area contributed by atoms with Crippen LogP contribution in [0.4, 0.5) is 0 Å². The molecule has 1 aliphatic rings. The topological polar surface area (TPSA) is 38.0 Å². The molecule has 0 spiro atoms. The van der Waals surface area contributed by atoms with Crippen molar-refractivity contribution in [3.05, 3.63) is 29.8 Å². The molecule has 1 aromatic rings. The first kappa shape index (κ1) is 15.9. The predicted octanol–water partition coefficient (Wildman–Crippen LogP) is 4.28. The largest absolute Gasteiger partial charge is 0.271 e. The molecule has 0 heterocycles. The van der Waals surface area contributed by atoms with Gasteiger partial charge in [-0.1, -0.05) is 49.8 Å². The molecule has 2 nitrogen and oxygen atoms in total. The van der Waals surface area contributed by atoms with E-state index in [1.165, 1.54) is 55.4 Å². The monoisotopic (exact) mass is 292 g/mol. The third-order valence-corrected chi connectivity index (χ3v) is 5.48. The van der Waals surface area contributed by atoms with Crippen LogP contribution in [0.2, 0.25) is 0 Å². The van der Waals surface area contributed by atoms with Crippen LogP contribution in [0.1, 0.15) is 50.5 Å². The van der Waals surface area contributed by atoms with Crippen molar-refractivity contribution in [2.24, 2.45) is 11.8 Å². The molecule has 0 bridgehead atoms. The Morgan fingerprint density at radius 2 is 2.10 bits per heavy atom. The van der Waals surface area contributed by atoms with E-state index in [2.05, 4.69) is 36.6 Å². The standard InChI is InChI=1S/C17H28N2S/c1-14-6-5-9-17(12-14)20-13-16(19-18)11-10-15-7-3-2-4-8-15/h5-6,9,12,15-16,19H,2-4,7-8,10-11,13,18H2,1H3. The maximum Gasteiger partial charge on any atom is 0.0304 e. The molecule has 112 valence electrons. The van der Waals surface area contributed by atoms with Crippen LogP contribution in [0, 0.1) is 12.8 Å². The highest BCUT2D eigenvalue weighted by atomic mass is 32.2. The lowest BCUT2D eigenvalue weighted by atomic mass is 9.85. The van der Waals surface area contributed by atoms with Crippen molar-refractivity contribution in [3.63, 3.8) is 0 Å². The molecule has 3 heteroatoms. The summed E-state index contributed by atoms with van der Waals surface area (Å²) in [6, 6.07) is 9.14. The Hall–Kier alpha value is -0.510. The average molecular weight is 292 g/mol. The molecule has 0 amide bonds. The molecule has 1 unspecified atom stereocenters. The smallest absolute Gasteiger partial charge is 0.0304 e. The van der Waals surface area contributed by atoms with E-state index in [9.17, 15) is 0 Å². The highest BCUT2D eigenvalue weighted by molar-refractivity contribution is 7.99. The number of nitrogens with one attached hydrogen (secondary N) is 1. The summed E-state index contributed by atoms with van der Waals surface area (Å²) in [6.45, 7) is 2.14. The van der Waals surface area contributed by atoms with Crippen LogP contribution >= 0.6 is 11.8 Å². The molecule has 1 fully saturated rings. The minimum atomic E-state index is 0.433. The Kier molecular flexibility index (Phi) is 6.91. The van der Waals surface area contributed by atoms with Gasteiger partial charge in [0.1, 0.15) is 0 Å². The number of hydrogen-bond donors (Lipinski definition) is 2. The SMILES string of the molecule is Cc1cccc(SCC(CCC2CCCCC2)NN)c1. The van der Waals surface area contributed by atoms with E-state index in [0.29, 0.717) is 6.04 Å². The lowest BCUT2D eigenvalue weighted by Gasteiger charge is -2.24. The molecule has 1 aromatic carbocycles. The number of thioether (sulfide) groups is 1. The highest BCUT2D eigenvalue weighted by Gasteiger charge is 2.15.